The number of nitrogens with zero attached hydrogens (tertiary/aromatic N) is 4. The van der Waals surface area contributed by atoms with Crippen LogP contribution in [0.4, 0.5) is 16.5 Å². The molecule has 0 radical (unpaired) electrons. The third-order valence-corrected chi connectivity index (χ3v) is 8.31. The number of benzene rings is 2. The van der Waals surface area contributed by atoms with Crippen LogP contribution in [0.5, 0.6) is 0 Å². The summed E-state index contributed by atoms with van der Waals surface area (Å²) < 4.78 is 39.7. The van der Waals surface area contributed by atoms with E-state index in [4.69, 9.17) is 14.9 Å². The van der Waals surface area contributed by atoms with Crippen LogP contribution >= 0.6 is 0 Å². The Balaban J connectivity index is 1.27. The average molecular weight is 603 g/mol. The van der Waals surface area contributed by atoms with Gasteiger partial charge in [-0.15, -0.1) is 0 Å². The zero-order chi connectivity index (χ0) is 30.2. The second-order valence-corrected chi connectivity index (χ2v) is 11.6. The molecule has 1 atom stereocenters. The first kappa shape index (κ1) is 29.5. The maximum atomic E-state index is 14.0. The van der Waals surface area contributed by atoms with E-state index in [0.717, 1.165) is 11.1 Å². The topological polar surface area (TPSA) is 174 Å². The average Bonchev–Trinajstić information content (AvgIpc) is 3.41. The minimum atomic E-state index is -4.08. The van der Waals surface area contributed by atoms with Gasteiger partial charge in [0.05, 0.1) is 28.9 Å². The summed E-state index contributed by atoms with van der Waals surface area (Å²) in [4.78, 5) is 24.3. The van der Waals surface area contributed by atoms with Crippen molar-refractivity contribution in [3.8, 4) is 0 Å². The molecule has 5 rings (SSSR count). The molecule has 2 aromatic carbocycles. The zero-order valence-corrected chi connectivity index (χ0v) is 23.9. The molecule has 13 heteroatoms. The van der Waals surface area contributed by atoms with E-state index in [9.17, 15) is 18.3 Å². The van der Waals surface area contributed by atoms with Crippen molar-refractivity contribution in [1.82, 2.24) is 20.3 Å². The van der Waals surface area contributed by atoms with Crippen molar-refractivity contribution < 1.29 is 27.5 Å². The Labute approximate surface area is 248 Å². The predicted molar refractivity (Wildman–Crippen MR) is 159 cm³/mol. The third-order valence-electron chi connectivity index (χ3n) is 6.54. The number of anilines is 2. The number of aryl methyl sites for hydroxylation is 1. The van der Waals surface area contributed by atoms with E-state index in [2.05, 4.69) is 20.3 Å². The van der Waals surface area contributed by atoms with E-state index in [0.29, 0.717) is 29.7 Å². The number of hydrogen-bond donors (Lipinski definition) is 3. The summed E-state index contributed by atoms with van der Waals surface area (Å²) in [6.07, 6.45) is 4.10. The summed E-state index contributed by atoms with van der Waals surface area (Å²) in [6.45, 7) is 0.0536. The monoisotopic (exact) mass is 602 g/mol. The summed E-state index contributed by atoms with van der Waals surface area (Å²) in [7, 11) is -4.08. The number of pyridine rings is 2. The Morgan fingerprint density at radius 1 is 1.05 bits per heavy atom. The van der Waals surface area contributed by atoms with Crippen LogP contribution in [0.1, 0.15) is 23.2 Å². The Kier molecular flexibility index (Phi) is 9.13. The lowest BCUT2D eigenvalue weighted by Crippen LogP contribution is -2.32. The van der Waals surface area contributed by atoms with Gasteiger partial charge in [-0.1, -0.05) is 24.3 Å². The number of sulfonamides is 1. The number of nitrogen functional groups attached to an aromatic ring is 1. The molecule has 4 N–H and O–H groups in total. The normalized spacial score (nSPS) is 12.1. The number of hydrogen-bond acceptors (Lipinski definition) is 10. The van der Waals surface area contributed by atoms with Gasteiger partial charge in [0, 0.05) is 36.8 Å². The number of fused-ring (bicyclic) bond motifs is 1. The second-order valence-electron chi connectivity index (χ2n) is 9.70. The van der Waals surface area contributed by atoms with Crippen molar-refractivity contribution in [3.05, 3.63) is 108 Å². The molecule has 1 unspecified atom stereocenters. The van der Waals surface area contributed by atoms with Crippen LogP contribution in [0.25, 0.3) is 11.1 Å². The van der Waals surface area contributed by atoms with Crippen molar-refractivity contribution in [2.24, 2.45) is 0 Å². The van der Waals surface area contributed by atoms with Crippen LogP contribution in [0.3, 0.4) is 0 Å². The maximum absolute atomic E-state index is 14.0. The molecule has 0 fully saturated rings. The number of carbonyl (C=O) groups excluding carboxylic acids is 1. The van der Waals surface area contributed by atoms with E-state index in [1.165, 1.54) is 16.4 Å². The van der Waals surface area contributed by atoms with Gasteiger partial charge in [-0.3, -0.25) is 14.3 Å². The summed E-state index contributed by atoms with van der Waals surface area (Å²) in [5.74, 6) is 0. The fraction of sp³-hybridized carbons (Fsp3) is 0.200. The van der Waals surface area contributed by atoms with E-state index in [1.54, 1.807) is 73.2 Å². The van der Waals surface area contributed by atoms with Crippen LogP contribution in [-0.4, -0.2) is 47.2 Å². The number of aliphatic hydroxyl groups is 1. The molecule has 43 heavy (non-hydrogen) atoms. The van der Waals surface area contributed by atoms with Crippen molar-refractivity contribution in [1.29, 1.82) is 0 Å². The smallest absolute Gasteiger partial charge is 0.407 e. The van der Waals surface area contributed by atoms with Crippen LogP contribution in [0.15, 0.2) is 101 Å². The van der Waals surface area contributed by atoms with Crippen LogP contribution < -0.4 is 15.4 Å². The van der Waals surface area contributed by atoms with Gasteiger partial charge in [-0.2, -0.15) is 4.98 Å². The molecule has 0 spiro atoms. The van der Waals surface area contributed by atoms with E-state index >= 15 is 0 Å². The lowest BCUT2D eigenvalue weighted by molar-refractivity contribution is 0.123. The predicted octanol–water partition coefficient (Wildman–Crippen LogP) is 3.82. The zero-order valence-electron chi connectivity index (χ0n) is 23.0. The van der Waals surface area contributed by atoms with Crippen molar-refractivity contribution in [2.45, 2.75) is 37.0 Å². The Morgan fingerprint density at radius 3 is 2.70 bits per heavy atom. The highest BCUT2D eigenvalue weighted by atomic mass is 32.2. The molecule has 0 aliphatic rings. The van der Waals surface area contributed by atoms with Gasteiger partial charge in [0.2, 0.25) is 0 Å². The highest BCUT2D eigenvalue weighted by molar-refractivity contribution is 7.92. The van der Waals surface area contributed by atoms with Gasteiger partial charge in [-0.05, 0) is 60.9 Å². The van der Waals surface area contributed by atoms with Gasteiger partial charge in [0.1, 0.15) is 12.1 Å². The van der Waals surface area contributed by atoms with E-state index in [1.807, 2.05) is 6.07 Å². The van der Waals surface area contributed by atoms with E-state index in [-0.39, 0.29) is 36.2 Å². The van der Waals surface area contributed by atoms with Gasteiger partial charge in [0.25, 0.3) is 16.0 Å². The molecule has 0 aliphatic carbocycles. The second kappa shape index (κ2) is 13.3. The lowest BCUT2D eigenvalue weighted by Gasteiger charge is -2.25. The molecule has 0 saturated heterocycles. The summed E-state index contributed by atoms with van der Waals surface area (Å²) >= 11 is 0. The molecule has 3 aromatic heterocycles. The first-order chi connectivity index (χ1) is 20.8. The largest absolute Gasteiger partial charge is 0.445 e. The lowest BCUT2D eigenvalue weighted by atomic mass is 10.1. The number of ether oxygens (including phenoxy) is 1. The number of amides is 1. The highest BCUT2D eigenvalue weighted by Crippen LogP contribution is 2.29. The van der Waals surface area contributed by atoms with Gasteiger partial charge >= 0.3 is 6.09 Å². The molecule has 0 aliphatic heterocycles. The first-order valence-electron chi connectivity index (χ1n) is 13.4. The summed E-state index contributed by atoms with van der Waals surface area (Å²) in [5.41, 5.74) is 8.88. The van der Waals surface area contributed by atoms with Gasteiger partial charge in [0.15, 0.2) is 5.58 Å². The van der Waals surface area contributed by atoms with Crippen molar-refractivity contribution in [2.75, 3.05) is 16.6 Å². The SMILES string of the molecule is Nc1nc2ccc(S(=O)(=O)N(Cc3ccccn3)c3cccc(CCC(O)CNC(=O)OCc4cccnc4)c3)cc2o1. The highest BCUT2D eigenvalue weighted by Gasteiger charge is 2.27. The fourth-order valence-corrected chi connectivity index (χ4v) is 5.80. The minimum Gasteiger partial charge on any atom is -0.445 e. The van der Waals surface area contributed by atoms with Crippen molar-refractivity contribution >= 4 is 38.9 Å². The number of carbonyl (C=O) groups is 1. The van der Waals surface area contributed by atoms with Gasteiger partial charge < -0.3 is 25.3 Å². The van der Waals surface area contributed by atoms with E-state index < -0.39 is 22.2 Å². The number of nitrogens with one attached hydrogen (secondary N) is 1. The number of aliphatic hydroxyl groups excluding tert-OH is 1. The molecule has 12 nitrogen and oxygen atoms in total. The molecule has 222 valence electrons. The number of oxazole rings is 1. The number of alkyl carbamates (subject to hydrolysis) is 1. The Hall–Kier alpha value is -5.01. The van der Waals surface area contributed by atoms with Crippen LogP contribution in [-0.2, 0) is 34.3 Å². The standard InChI is InChI=1S/C30H30N6O6S/c31-29-35-27-12-11-26(16-28(27)42-29)43(39,40)36(19-23-7-1-2-14-33-23)24-8-3-5-21(15-24)9-10-25(37)18-34-30(38)41-20-22-6-4-13-32-17-22/h1-8,11-17,25,37H,9-10,18-20H2,(H2,31,35)(H,34,38). The number of nitrogens with two attached hydrogens (primary N) is 1. The first-order valence-corrected chi connectivity index (χ1v) is 14.9. The van der Waals surface area contributed by atoms with Crippen LogP contribution in [0, 0.1) is 0 Å². The Bertz CT molecular complexity index is 1780. The molecule has 0 saturated carbocycles. The molecule has 0 bridgehead atoms. The molecule has 3 heterocycles. The summed E-state index contributed by atoms with van der Waals surface area (Å²) in [5, 5.41) is 13.0. The maximum Gasteiger partial charge on any atom is 0.407 e. The Morgan fingerprint density at radius 2 is 1.91 bits per heavy atom. The summed E-state index contributed by atoms with van der Waals surface area (Å²) in [6, 6.07) is 20.2. The van der Waals surface area contributed by atoms with Crippen molar-refractivity contribution in [3.63, 3.8) is 0 Å². The molecule has 5 aromatic rings. The quantitative estimate of drug-likeness (QED) is 0.190. The fourth-order valence-electron chi connectivity index (χ4n) is 4.35. The van der Waals surface area contributed by atoms with Crippen LogP contribution in [0.2, 0.25) is 0 Å². The number of aromatic nitrogens is 3. The minimum absolute atomic E-state index is 0.000370. The molecule has 1 amide bonds. The molecular weight excluding hydrogens is 572 g/mol. The third kappa shape index (κ3) is 7.64. The molecular formula is C30H30N6O6S. The van der Waals surface area contributed by atoms with Gasteiger partial charge in [-0.25, -0.2) is 13.2 Å². The number of rotatable bonds is 12.